The third kappa shape index (κ3) is 4.66. The van der Waals surface area contributed by atoms with Gasteiger partial charge in [0.2, 0.25) is 0 Å². The minimum atomic E-state index is -0.360. The van der Waals surface area contributed by atoms with Gasteiger partial charge in [-0.1, -0.05) is 45.7 Å². The van der Waals surface area contributed by atoms with Gasteiger partial charge in [0.15, 0.2) is 0 Å². The Morgan fingerprint density at radius 3 is 2.07 bits per heavy atom. The highest BCUT2D eigenvalue weighted by molar-refractivity contribution is 9.11. The summed E-state index contributed by atoms with van der Waals surface area (Å²) in [7, 11) is 0. The van der Waals surface area contributed by atoms with E-state index in [2.05, 4.69) is 45.7 Å². The maximum Gasteiger partial charge on any atom is 0.0790 e. The zero-order valence-corrected chi connectivity index (χ0v) is 12.2. The molecule has 0 aromatic heterocycles. The van der Waals surface area contributed by atoms with E-state index < -0.39 is 0 Å². The molecule has 1 unspecified atom stereocenters. The predicted molar refractivity (Wildman–Crippen MR) is 70.9 cm³/mol. The molecule has 0 bridgehead atoms. The first-order chi connectivity index (χ1) is 6.99. The fourth-order valence-corrected chi connectivity index (χ4v) is 2.75. The summed E-state index contributed by atoms with van der Waals surface area (Å²) >= 11 is 6.84. The Labute approximate surface area is 108 Å². The van der Waals surface area contributed by atoms with Crippen LogP contribution >= 0.6 is 31.9 Å². The largest absolute Gasteiger partial charge is 0.388 e. The van der Waals surface area contributed by atoms with E-state index in [-0.39, 0.29) is 6.10 Å². The number of halogens is 2. The van der Waals surface area contributed by atoms with Crippen LogP contribution in [0.5, 0.6) is 0 Å². The molecule has 0 amide bonds. The average Bonchev–Trinajstić information content (AvgIpc) is 2.12. The molecule has 0 saturated heterocycles. The van der Waals surface area contributed by atoms with Gasteiger partial charge >= 0.3 is 0 Å². The maximum absolute atomic E-state index is 9.98. The van der Waals surface area contributed by atoms with Crippen molar-refractivity contribution in [2.24, 2.45) is 5.92 Å². The molecule has 84 valence electrons. The Hall–Kier alpha value is 0.140. The second-order valence-electron chi connectivity index (χ2n) is 4.19. The molecule has 1 aromatic rings. The standard InChI is InChI=1S/C12H16Br2O/c1-8(2)3-4-12(15)9-5-10(13)7-11(14)6-9/h5-8,12,15H,3-4H2,1-2H3. The van der Waals surface area contributed by atoms with E-state index in [0.717, 1.165) is 27.4 Å². The van der Waals surface area contributed by atoms with E-state index in [0.29, 0.717) is 5.92 Å². The number of hydrogen-bond donors (Lipinski definition) is 1. The molecule has 1 aromatic carbocycles. The lowest BCUT2D eigenvalue weighted by Crippen LogP contribution is -2.00. The van der Waals surface area contributed by atoms with Crippen molar-refractivity contribution in [1.82, 2.24) is 0 Å². The van der Waals surface area contributed by atoms with Gasteiger partial charge in [-0.25, -0.2) is 0 Å². The molecule has 0 aliphatic rings. The summed E-state index contributed by atoms with van der Waals surface area (Å²) in [5.74, 6) is 0.634. The van der Waals surface area contributed by atoms with Gasteiger partial charge < -0.3 is 5.11 Å². The Bertz CT molecular complexity index is 303. The SMILES string of the molecule is CC(C)CCC(O)c1cc(Br)cc(Br)c1. The molecular formula is C12H16Br2O. The van der Waals surface area contributed by atoms with Gasteiger partial charge in [-0.15, -0.1) is 0 Å². The lowest BCUT2D eigenvalue weighted by Gasteiger charge is -2.13. The summed E-state index contributed by atoms with van der Waals surface area (Å²) in [6.07, 6.45) is 1.51. The van der Waals surface area contributed by atoms with Gasteiger partial charge in [-0.3, -0.25) is 0 Å². The molecule has 15 heavy (non-hydrogen) atoms. The zero-order valence-electron chi connectivity index (χ0n) is 9.00. The van der Waals surface area contributed by atoms with E-state index in [9.17, 15) is 5.11 Å². The van der Waals surface area contributed by atoms with Crippen molar-refractivity contribution >= 4 is 31.9 Å². The smallest absolute Gasteiger partial charge is 0.0790 e. The Kier molecular flexibility index (Phi) is 5.30. The van der Waals surface area contributed by atoms with Crippen molar-refractivity contribution in [1.29, 1.82) is 0 Å². The van der Waals surface area contributed by atoms with Crippen LogP contribution in [0.2, 0.25) is 0 Å². The molecular weight excluding hydrogens is 320 g/mol. The molecule has 1 rings (SSSR count). The molecule has 0 aliphatic heterocycles. The predicted octanol–water partition coefficient (Wildman–Crippen LogP) is 4.68. The van der Waals surface area contributed by atoms with Gasteiger partial charge in [-0.2, -0.15) is 0 Å². The summed E-state index contributed by atoms with van der Waals surface area (Å²) in [5.41, 5.74) is 0.969. The van der Waals surface area contributed by atoms with Crippen molar-refractivity contribution in [3.05, 3.63) is 32.7 Å². The monoisotopic (exact) mass is 334 g/mol. The molecule has 3 heteroatoms. The number of hydrogen-bond acceptors (Lipinski definition) is 1. The average molecular weight is 336 g/mol. The molecule has 0 aliphatic carbocycles. The number of aliphatic hydroxyl groups excluding tert-OH is 1. The quantitative estimate of drug-likeness (QED) is 0.846. The van der Waals surface area contributed by atoms with Gasteiger partial charge in [0.05, 0.1) is 6.10 Å². The van der Waals surface area contributed by atoms with Crippen LogP contribution in [0, 0.1) is 5.92 Å². The lowest BCUT2D eigenvalue weighted by molar-refractivity contribution is 0.159. The van der Waals surface area contributed by atoms with Crippen molar-refractivity contribution < 1.29 is 5.11 Å². The van der Waals surface area contributed by atoms with E-state index >= 15 is 0 Å². The Balaban J connectivity index is 2.68. The van der Waals surface area contributed by atoms with Crippen LogP contribution in [0.15, 0.2) is 27.1 Å². The normalized spacial score (nSPS) is 13.2. The fourth-order valence-electron chi connectivity index (χ4n) is 1.43. The van der Waals surface area contributed by atoms with Gasteiger partial charge in [0.1, 0.15) is 0 Å². The highest BCUT2D eigenvalue weighted by Crippen LogP contribution is 2.27. The molecule has 0 spiro atoms. The molecule has 0 heterocycles. The topological polar surface area (TPSA) is 20.2 Å². The van der Waals surface area contributed by atoms with Crippen molar-refractivity contribution in [2.45, 2.75) is 32.8 Å². The molecule has 1 atom stereocenters. The first-order valence-corrected chi connectivity index (χ1v) is 6.71. The van der Waals surface area contributed by atoms with Crippen LogP contribution < -0.4 is 0 Å². The number of aliphatic hydroxyl groups is 1. The van der Waals surface area contributed by atoms with Crippen LogP contribution in [-0.4, -0.2) is 5.11 Å². The minimum absolute atomic E-state index is 0.360. The second-order valence-corrected chi connectivity index (χ2v) is 6.02. The van der Waals surface area contributed by atoms with Crippen molar-refractivity contribution in [3.63, 3.8) is 0 Å². The maximum atomic E-state index is 9.98. The highest BCUT2D eigenvalue weighted by Gasteiger charge is 2.09. The van der Waals surface area contributed by atoms with Crippen molar-refractivity contribution in [3.8, 4) is 0 Å². The molecule has 1 N–H and O–H groups in total. The summed E-state index contributed by atoms with van der Waals surface area (Å²) in [6.45, 7) is 4.34. The number of rotatable bonds is 4. The van der Waals surface area contributed by atoms with E-state index in [1.165, 1.54) is 0 Å². The second kappa shape index (κ2) is 6.02. The summed E-state index contributed by atoms with van der Waals surface area (Å²) in [5, 5.41) is 9.98. The van der Waals surface area contributed by atoms with E-state index in [1.807, 2.05) is 18.2 Å². The van der Waals surface area contributed by atoms with Crippen molar-refractivity contribution in [2.75, 3.05) is 0 Å². The lowest BCUT2D eigenvalue weighted by atomic mass is 10.0. The minimum Gasteiger partial charge on any atom is -0.388 e. The van der Waals surface area contributed by atoms with E-state index in [1.54, 1.807) is 0 Å². The van der Waals surface area contributed by atoms with Crippen LogP contribution in [0.4, 0.5) is 0 Å². The summed E-state index contributed by atoms with van der Waals surface area (Å²) in [4.78, 5) is 0. The van der Waals surface area contributed by atoms with Crippen LogP contribution in [0.3, 0.4) is 0 Å². The Morgan fingerprint density at radius 1 is 1.07 bits per heavy atom. The van der Waals surface area contributed by atoms with Crippen LogP contribution in [0.1, 0.15) is 38.4 Å². The van der Waals surface area contributed by atoms with Gasteiger partial charge in [0.25, 0.3) is 0 Å². The number of benzene rings is 1. The highest BCUT2D eigenvalue weighted by atomic mass is 79.9. The third-order valence-corrected chi connectivity index (χ3v) is 3.20. The van der Waals surface area contributed by atoms with E-state index in [4.69, 9.17) is 0 Å². The Morgan fingerprint density at radius 2 is 1.60 bits per heavy atom. The fraction of sp³-hybridized carbons (Fsp3) is 0.500. The summed E-state index contributed by atoms with van der Waals surface area (Å²) < 4.78 is 1.99. The first-order valence-electron chi connectivity index (χ1n) is 5.13. The molecule has 0 fully saturated rings. The molecule has 0 saturated carbocycles. The van der Waals surface area contributed by atoms with Crippen LogP contribution in [-0.2, 0) is 0 Å². The molecule has 1 nitrogen and oxygen atoms in total. The summed E-state index contributed by atoms with van der Waals surface area (Å²) in [6, 6.07) is 5.91. The first kappa shape index (κ1) is 13.2. The molecule has 0 radical (unpaired) electrons. The third-order valence-electron chi connectivity index (χ3n) is 2.29. The van der Waals surface area contributed by atoms with Gasteiger partial charge in [-0.05, 0) is 42.5 Å². The van der Waals surface area contributed by atoms with Gasteiger partial charge in [0, 0.05) is 8.95 Å². The zero-order chi connectivity index (χ0) is 11.4. The van der Waals surface area contributed by atoms with Crippen LogP contribution in [0.25, 0.3) is 0 Å².